The average Bonchev–Trinajstić information content (AvgIpc) is 1.54. The Kier molecular flexibility index (Phi) is 16.5. The summed E-state index contributed by atoms with van der Waals surface area (Å²) >= 11 is 0. The third-order valence-corrected chi connectivity index (χ3v) is 16.9. The van der Waals surface area contributed by atoms with Crippen LogP contribution in [0.25, 0.3) is 111 Å². The zero-order valence-electron chi connectivity index (χ0n) is 49.7. The van der Waals surface area contributed by atoms with E-state index in [1.807, 2.05) is 0 Å². The second kappa shape index (κ2) is 23.8. The van der Waals surface area contributed by atoms with Gasteiger partial charge in [0.25, 0.3) is 0 Å². The summed E-state index contributed by atoms with van der Waals surface area (Å²) in [5.41, 5.74) is -31.3. The minimum Gasteiger partial charge on any atom is -0.309 e. The van der Waals surface area contributed by atoms with Crippen LogP contribution in [0.1, 0.15) is 61.2 Å². The summed E-state index contributed by atoms with van der Waals surface area (Å²) in [7, 11) is 0. The molecule has 0 N–H and O–H groups in total. The van der Waals surface area contributed by atoms with Crippen molar-refractivity contribution in [2.24, 2.45) is 0 Å². The van der Waals surface area contributed by atoms with Crippen LogP contribution in [0.2, 0.25) is 0 Å². The molecule has 0 bridgehead atoms. The number of aromatic nitrogens is 2. The molecular weight excluding hydrogens is 1420 g/mol. The molecule has 2 aromatic heterocycles. The highest BCUT2D eigenvalue weighted by Gasteiger charge is 2.44. The molecule has 31 heteroatoms. The Morgan fingerprint density at radius 2 is 0.510 bits per heavy atom. The summed E-state index contributed by atoms with van der Waals surface area (Å²) in [4.78, 5) is 0. The van der Waals surface area contributed by atoms with E-state index in [2.05, 4.69) is 0 Å². The fourth-order valence-electron chi connectivity index (χ4n) is 12.5. The van der Waals surface area contributed by atoms with Crippen LogP contribution in [0, 0.1) is 22.7 Å². The van der Waals surface area contributed by atoms with E-state index < -0.39 is 206 Å². The topological polar surface area (TPSA) is 57.4 Å². The molecule has 12 rings (SSSR count). The van der Waals surface area contributed by atoms with E-state index in [0.29, 0.717) is 48.5 Å². The van der Waals surface area contributed by atoms with Crippen molar-refractivity contribution in [1.29, 1.82) is 10.5 Å². The monoisotopic (exact) mass is 1450 g/mol. The summed E-state index contributed by atoms with van der Waals surface area (Å²) in [6, 6.07) is 19.0. The second-order valence-electron chi connectivity index (χ2n) is 23.0. The van der Waals surface area contributed by atoms with Crippen LogP contribution in [0.5, 0.6) is 0 Å². The van der Waals surface area contributed by atoms with Crippen LogP contribution in [-0.4, -0.2) is 9.13 Å². The number of rotatable bonds is 7. The average molecular weight is 1450 g/mol. The zero-order valence-corrected chi connectivity index (χ0v) is 49.7. The van der Waals surface area contributed by atoms with Gasteiger partial charge in [-0.15, -0.1) is 0 Å². The van der Waals surface area contributed by atoms with Gasteiger partial charge in [0.15, 0.2) is 0 Å². The predicted molar refractivity (Wildman–Crippen MR) is 317 cm³/mol. The SMILES string of the molecule is N#Cc1cc(-n2c3cc(-c4ccc(C(F)(F)F)cc4C(F)(F)F)ccc3c3ccc(-c4ccc(C(F)(F)F)cc4C(F)(F)F)cc32)c(-c2c(C#N)cccc2C(F)(F)F)cc1-n1c2cc(-c3ccc(C(F)(F)F)cc3C(F)(F)F)ccc2c2ccc(-c3ccc(C(F)(F)F)cc3C(F)(F)F)cc21. The van der Waals surface area contributed by atoms with Gasteiger partial charge >= 0.3 is 55.6 Å². The smallest absolute Gasteiger partial charge is 0.309 e. The van der Waals surface area contributed by atoms with E-state index in [1.54, 1.807) is 12.1 Å². The van der Waals surface area contributed by atoms with Crippen molar-refractivity contribution >= 4 is 43.6 Å². The van der Waals surface area contributed by atoms with Gasteiger partial charge in [0, 0.05) is 32.7 Å². The maximum Gasteiger partial charge on any atom is 0.417 e. The van der Waals surface area contributed by atoms with Gasteiger partial charge in [0.1, 0.15) is 6.07 Å². The first-order valence-corrected chi connectivity index (χ1v) is 28.7. The van der Waals surface area contributed by atoms with Gasteiger partial charge in [-0.25, -0.2) is 0 Å². The lowest BCUT2D eigenvalue weighted by Gasteiger charge is -2.22. The number of halogens is 27. The van der Waals surface area contributed by atoms with Gasteiger partial charge in [-0.3, -0.25) is 0 Å². The third kappa shape index (κ3) is 12.7. The van der Waals surface area contributed by atoms with Crippen LogP contribution >= 0.6 is 0 Å². The zero-order chi connectivity index (χ0) is 74.5. The lowest BCUT2D eigenvalue weighted by atomic mass is 9.91. The standard InChI is InChI=1S/C71H29F27N4/c72-63(73,74)38-8-16-42(52(25-38)68(87,88)89)32-4-12-46-47-13-5-33(43-17-9-39(64(75,76)77)26-53(43)69(90,91)92)21-58(47)101(57(46)20-32)56-29-50(62-36(30-99)2-1-3-51(62)67(84,85)86)61(24-37(56)31-100)102-59-22-34(44-18-10-40(65(78,79)80)27-54(44)70(93,94)95)6-14-48(59)49-15-7-35(23-60(49)102)45-19-11-41(66(81,82)83)28-55(45)71(96,97)98/h1-29H. The Morgan fingerprint density at radius 1 is 0.235 bits per heavy atom. The van der Waals surface area contributed by atoms with Gasteiger partial charge in [-0.05, 0) is 142 Å². The van der Waals surface area contributed by atoms with E-state index in [9.17, 15) is 63.2 Å². The first-order valence-electron chi connectivity index (χ1n) is 28.7. The fraction of sp³-hybridized carbons (Fsp3) is 0.127. The number of hydrogen-bond acceptors (Lipinski definition) is 2. The number of nitriles is 2. The molecule has 2 heterocycles. The van der Waals surface area contributed by atoms with Gasteiger partial charge < -0.3 is 9.13 Å². The maximum atomic E-state index is 16.0. The molecule has 102 heavy (non-hydrogen) atoms. The molecule has 0 radical (unpaired) electrons. The van der Waals surface area contributed by atoms with Crippen molar-refractivity contribution in [2.75, 3.05) is 0 Å². The number of fused-ring (bicyclic) bond motifs is 6. The van der Waals surface area contributed by atoms with Crippen molar-refractivity contribution in [2.45, 2.75) is 55.6 Å². The Labute approximate surface area is 552 Å². The lowest BCUT2D eigenvalue weighted by Crippen LogP contribution is -2.12. The highest BCUT2D eigenvalue weighted by molar-refractivity contribution is 6.14. The van der Waals surface area contributed by atoms with Crippen LogP contribution < -0.4 is 0 Å². The van der Waals surface area contributed by atoms with Crippen LogP contribution in [0.15, 0.2) is 176 Å². The highest BCUT2D eigenvalue weighted by atomic mass is 19.4. The van der Waals surface area contributed by atoms with E-state index in [-0.39, 0.29) is 70.1 Å². The van der Waals surface area contributed by atoms with Crippen LogP contribution in [0.3, 0.4) is 0 Å². The summed E-state index contributed by atoms with van der Waals surface area (Å²) in [6.45, 7) is 0. The summed E-state index contributed by atoms with van der Waals surface area (Å²) in [5, 5.41) is 21.4. The number of benzene rings is 10. The normalized spacial score (nSPS) is 13.2. The van der Waals surface area contributed by atoms with E-state index >= 15 is 65.9 Å². The first-order chi connectivity index (χ1) is 47.2. The van der Waals surface area contributed by atoms with Gasteiger partial charge in [-0.2, -0.15) is 129 Å². The Balaban J connectivity index is 1.27. The molecule has 0 unspecified atom stereocenters. The van der Waals surface area contributed by atoms with Crippen LogP contribution in [0.4, 0.5) is 119 Å². The molecule has 10 aromatic carbocycles. The molecule has 0 atom stereocenters. The van der Waals surface area contributed by atoms with E-state index in [1.165, 1.54) is 0 Å². The van der Waals surface area contributed by atoms with Gasteiger partial charge in [0.2, 0.25) is 0 Å². The molecule has 0 aliphatic heterocycles. The molecule has 0 aliphatic rings. The molecular formula is C71H29F27N4. The molecule has 0 spiro atoms. The minimum absolute atomic E-state index is 0.211. The van der Waals surface area contributed by atoms with E-state index in [0.717, 1.165) is 88.0 Å². The number of alkyl halides is 27. The molecule has 0 amide bonds. The Bertz CT molecular complexity index is 5270. The molecule has 522 valence electrons. The summed E-state index contributed by atoms with van der Waals surface area (Å²) in [6.07, 6.45) is -49.7. The maximum absolute atomic E-state index is 16.0. The summed E-state index contributed by atoms with van der Waals surface area (Å²) in [5.74, 6) is 0. The van der Waals surface area contributed by atoms with Crippen LogP contribution in [-0.2, 0) is 55.6 Å². The van der Waals surface area contributed by atoms with E-state index in [4.69, 9.17) is 0 Å². The lowest BCUT2D eigenvalue weighted by molar-refractivity contribution is -0.144. The predicted octanol–water partition coefficient (Wildman–Crippen LogP) is 25.1. The van der Waals surface area contributed by atoms with Crippen molar-refractivity contribution in [3.8, 4) is 79.1 Å². The molecule has 0 saturated carbocycles. The molecule has 0 saturated heterocycles. The van der Waals surface area contributed by atoms with Gasteiger partial charge in [0.05, 0.1) is 101 Å². The van der Waals surface area contributed by atoms with Crippen molar-refractivity contribution in [3.05, 3.63) is 237 Å². The molecule has 0 fully saturated rings. The van der Waals surface area contributed by atoms with Crippen molar-refractivity contribution in [1.82, 2.24) is 9.13 Å². The first kappa shape index (κ1) is 70.7. The van der Waals surface area contributed by atoms with Crippen molar-refractivity contribution in [3.63, 3.8) is 0 Å². The Hall–Kier alpha value is -11.1. The molecule has 0 aliphatic carbocycles. The highest BCUT2D eigenvalue weighted by Crippen LogP contribution is 2.52. The number of hydrogen-bond donors (Lipinski definition) is 0. The Morgan fingerprint density at radius 3 is 0.765 bits per heavy atom. The van der Waals surface area contributed by atoms with Crippen molar-refractivity contribution < 1.29 is 119 Å². The number of nitrogens with zero attached hydrogens (tertiary/aromatic N) is 4. The quantitative estimate of drug-likeness (QED) is 0.149. The van der Waals surface area contributed by atoms with Gasteiger partial charge in [-0.1, -0.05) is 78.9 Å². The second-order valence-corrected chi connectivity index (χ2v) is 23.0. The minimum atomic E-state index is -5.63. The molecule has 4 nitrogen and oxygen atoms in total. The fourth-order valence-corrected chi connectivity index (χ4v) is 12.5. The third-order valence-electron chi connectivity index (χ3n) is 16.9. The largest absolute Gasteiger partial charge is 0.417 e. The molecule has 12 aromatic rings. The summed E-state index contributed by atoms with van der Waals surface area (Å²) < 4.78 is 399.